The smallest absolute Gasteiger partial charge is 0.327 e. The van der Waals surface area contributed by atoms with Crippen LogP contribution in [-0.2, 0) is 20.9 Å². The summed E-state index contributed by atoms with van der Waals surface area (Å²) in [7, 11) is 1.50. The van der Waals surface area contributed by atoms with Crippen LogP contribution in [0.1, 0.15) is 17.2 Å². The molecule has 9 nitrogen and oxygen atoms in total. The summed E-state index contributed by atoms with van der Waals surface area (Å²) in [6.45, 7) is 1.43. The van der Waals surface area contributed by atoms with Crippen LogP contribution in [0.25, 0.3) is 22.1 Å². The molecule has 1 N–H and O–H groups in total. The molecule has 3 aromatic carbocycles. The summed E-state index contributed by atoms with van der Waals surface area (Å²) in [6.07, 6.45) is 0.000763. The summed E-state index contributed by atoms with van der Waals surface area (Å²) in [6, 6.07) is 21.1. The molecule has 186 valence electrons. The second kappa shape index (κ2) is 9.98. The van der Waals surface area contributed by atoms with Crippen molar-refractivity contribution in [2.75, 3.05) is 12.4 Å². The number of methoxy groups -OCH3 is 1. The Labute approximate surface area is 211 Å². The Morgan fingerprint density at radius 1 is 1.05 bits per heavy atom. The molecular weight excluding hydrogens is 474 g/mol. The highest BCUT2D eigenvalue weighted by molar-refractivity contribution is 6.01. The van der Waals surface area contributed by atoms with Gasteiger partial charge in [-0.1, -0.05) is 48.5 Å². The lowest BCUT2D eigenvalue weighted by Crippen LogP contribution is -2.30. The van der Waals surface area contributed by atoms with E-state index in [2.05, 4.69) is 10.3 Å². The fourth-order valence-corrected chi connectivity index (χ4v) is 4.05. The van der Waals surface area contributed by atoms with Crippen LogP contribution in [0, 0.1) is 6.92 Å². The van der Waals surface area contributed by atoms with Gasteiger partial charge in [-0.3, -0.25) is 19.0 Å². The van der Waals surface area contributed by atoms with Gasteiger partial charge >= 0.3 is 5.97 Å². The number of furan rings is 1. The van der Waals surface area contributed by atoms with Gasteiger partial charge in [-0.2, -0.15) is 0 Å². The Morgan fingerprint density at radius 3 is 2.59 bits per heavy atom. The lowest BCUT2D eigenvalue weighted by atomic mass is 10.1. The topological polar surface area (TPSA) is 113 Å². The summed E-state index contributed by atoms with van der Waals surface area (Å²) >= 11 is 0. The third kappa shape index (κ3) is 4.79. The van der Waals surface area contributed by atoms with E-state index in [1.54, 1.807) is 60.7 Å². The summed E-state index contributed by atoms with van der Waals surface area (Å²) in [5.41, 5.74) is 2.29. The molecule has 5 aromatic rings. The van der Waals surface area contributed by atoms with Crippen molar-refractivity contribution >= 4 is 39.6 Å². The minimum atomic E-state index is -1.27. The Balaban J connectivity index is 1.41. The predicted octanol–water partition coefficient (Wildman–Crippen LogP) is 4.38. The zero-order chi connectivity index (χ0) is 25.9. The molecular formula is C28H23N3O6. The zero-order valence-electron chi connectivity index (χ0n) is 20.1. The number of nitrogens with zero attached hydrogens (tertiary/aromatic N) is 2. The molecule has 0 fully saturated rings. The van der Waals surface area contributed by atoms with Crippen molar-refractivity contribution < 1.29 is 23.5 Å². The normalized spacial score (nSPS) is 11.8. The Morgan fingerprint density at radius 2 is 1.81 bits per heavy atom. The predicted molar refractivity (Wildman–Crippen MR) is 137 cm³/mol. The first-order chi connectivity index (χ1) is 17.9. The average molecular weight is 498 g/mol. The first-order valence-electron chi connectivity index (χ1n) is 11.5. The van der Waals surface area contributed by atoms with Crippen molar-refractivity contribution in [3.63, 3.8) is 0 Å². The Bertz CT molecular complexity index is 1670. The van der Waals surface area contributed by atoms with Gasteiger partial charge in [-0.05, 0) is 36.8 Å². The van der Waals surface area contributed by atoms with Crippen LogP contribution >= 0.6 is 0 Å². The molecule has 0 aliphatic rings. The average Bonchev–Trinajstić information content (AvgIpc) is 3.29. The number of anilines is 1. The number of aryl methyl sites for hydroxylation is 1. The Hall–Kier alpha value is -4.92. The van der Waals surface area contributed by atoms with Gasteiger partial charge in [0.2, 0.25) is 11.7 Å². The van der Waals surface area contributed by atoms with Crippen LogP contribution in [0.3, 0.4) is 0 Å². The first-order valence-corrected chi connectivity index (χ1v) is 11.5. The lowest BCUT2D eigenvalue weighted by Gasteiger charge is -2.19. The fraction of sp³-hybridized carbons (Fsp3) is 0.143. The summed E-state index contributed by atoms with van der Waals surface area (Å²) in [5.74, 6) is -0.893. The number of amides is 1. The van der Waals surface area contributed by atoms with E-state index >= 15 is 0 Å². The molecule has 0 aliphatic heterocycles. The number of aromatic nitrogens is 2. The number of para-hydroxylation sites is 1. The van der Waals surface area contributed by atoms with E-state index in [1.807, 2.05) is 19.1 Å². The molecule has 1 amide bonds. The number of esters is 1. The third-order valence-electron chi connectivity index (χ3n) is 5.85. The summed E-state index contributed by atoms with van der Waals surface area (Å²) in [4.78, 5) is 43.5. The molecule has 0 saturated heterocycles. The minimum absolute atomic E-state index is 0.0420. The van der Waals surface area contributed by atoms with Crippen molar-refractivity contribution in [1.82, 2.24) is 9.55 Å². The van der Waals surface area contributed by atoms with Crippen molar-refractivity contribution in [3.05, 3.63) is 101 Å². The van der Waals surface area contributed by atoms with Gasteiger partial charge in [0.25, 0.3) is 11.5 Å². The van der Waals surface area contributed by atoms with E-state index in [0.717, 1.165) is 10.1 Å². The molecule has 2 heterocycles. The number of ether oxygens (including phenoxy) is 2. The van der Waals surface area contributed by atoms with E-state index in [1.165, 1.54) is 13.4 Å². The molecule has 9 heteroatoms. The van der Waals surface area contributed by atoms with E-state index in [-0.39, 0.29) is 5.58 Å². The SMILES string of the molecule is COc1ccc(C)cc1NC(=O)C(OC(=O)Cn1cnc2c(oc3ccccc32)c1=O)c1ccccc1. The highest BCUT2D eigenvalue weighted by Crippen LogP contribution is 2.28. The molecule has 0 radical (unpaired) electrons. The third-order valence-corrected chi connectivity index (χ3v) is 5.85. The quantitative estimate of drug-likeness (QED) is 0.332. The minimum Gasteiger partial charge on any atom is -0.495 e. The summed E-state index contributed by atoms with van der Waals surface area (Å²) in [5, 5.41) is 3.49. The van der Waals surface area contributed by atoms with E-state index < -0.39 is 30.1 Å². The van der Waals surface area contributed by atoms with Crippen LogP contribution in [0.5, 0.6) is 5.75 Å². The van der Waals surface area contributed by atoms with E-state index in [9.17, 15) is 14.4 Å². The van der Waals surface area contributed by atoms with Crippen LogP contribution in [0.4, 0.5) is 5.69 Å². The summed E-state index contributed by atoms with van der Waals surface area (Å²) < 4.78 is 17.7. The number of benzene rings is 3. The molecule has 0 spiro atoms. The highest BCUT2D eigenvalue weighted by atomic mass is 16.5. The zero-order valence-corrected chi connectivity index (χ0v) is 20.1. The van der Waals surface area contributed by atoms with E-state index in [0.29, 0.717) is 33.5 Å². The van der Waals surface area contributed by atoms with Crippen LogP contribution in [0.2, 0.25) is 0 Å². The van der Waals surface area contributed by atoms with Crippen LogP contribution in [0.15, 0.2) is 88.3 Å². The molecule has 5 rings (SSSR count). The molecule has 0 bridgehead atoms. The molecule has 1 unspecified atom stereocenters. The monoisotopic (exact) mass is 497 g/mol. The Kier molecular flexibility index (Phi) is 6.42. The van der Waals surface area contributed by atoms with Crippen molar-refractivity contribution in [3.8, 4) is 5.75 Å². The largest absolute Gasteiger partial charge is 0.495 e. The van der Waals surface area contributed by atoms with Gasteiger partial charge in [-0.25, -0.2) is 4.98 Å². The maximum absolute atomic E-state index is 13.3. The highest BCUT2D eigenvalue weighted by Gasteiger charge is 2.26. The van der Waals surface area contributed by atoms with Gasteiger partial charge in [0.05, 0.1) is 19.1 Å². The fourth-order valence-electron chi connectivity index (χ4n) is 4.05. The number of fused-ring (bicyclic) bond motifs is 3. The number of rotatable bonds is 7. The number of carbonyl (C=O) groups excluding carboxylic acids is 2. The second-order valence-electron chi connectivity index (χ2n) is 8.43. The number of nitrogens with one attached hydrogen (secondary N) is 1. The second-order valence-corrected chi connectivity index (χ2v) is 8.43. The van der Waals surface area contributed by atoms with Gasteiger partial charge in [-0.15, -0.1) is 0 Å². The molecule has 0 aliphatic carbocycles. The van der Waals surface area contributed by atoms with Crippen molar-refractivity contribution in [2.45, 2.75) is 19.6 Å². The number of hydrogen-bond acceptors (Lipinski definition) is 7. The van der Waals surface area contributed by atoms with E-state index in [4.69, 9.17) is 13.9 Å². The lowest BCUT2D eigenvalue weighted by molar-refractivity contribution is -0.155. The van der Waals surface area contributed by atoms with Gasteiger partial charge in [0.1, 0.15) is 23.4 Å². The first kappa shape index (κ1) is 23.8. The number of hydrogen-bond donors (Lipinski definition) is 1. The number of carbonyl (C=O) groups is 2. The molecule has 0 saturated carbocycles. The molecule has 37 heavy (non-hydrogen) atoms. The maximum Gasteiger partial charge on any atom is 0.327 e. The molecule has 2 aromatic heterocycles. The van der Waals surface area contributed by atoms with Crippen molar-refractivity contribution in [1.29, 1.82) is 0 Å². The van der Waals surface area contributed by atoms with Gasteiger partial charge in [0.15, 0.2) is 0 Å². The van der Waals surface area contributed by atoms with Gasteiger partial charge in [0, 0.05) is 10.9 Å². The van der Waals surface area contributed by atoms with Crippen molar-refractivity contribution in [2.24, 2.45) is 0 Å². The van der Waals surface area contributed by atoms with Gasteiger partial charge < -0.3 is 19.2 Å². The maximum atomic E-state index is 13.3. The van der Waals surface area contributed by atoms with Crippen LogP contribution in [-0.4, -0.2) is 28.5 Å². The standard InChI is InChI=1S/C28H23N3O6/c1-17-12-13-22(35-2)20(14-17)30-27(33)25(18-8-4-3-5-9-18)37-23(32)15-31-16-29-24-19-10-6-7-11-21(19)36-26(24)28(31)34/h3-14,16,25H,15H2,1-2H3,(H,30,33). The van der Waals surface area contributed by atoms with Crippen LogP contribution < -0.4 is 15.6 Å². The molecule has 1 atom stereocenters.